The summed E-state index contributed by atoms with van der Waals surface area (Å²) in [6, 6.07) is 12.3. The Hall–Kier alpha value is -2.69. The molecule has 1 atom stereocenters. The smallest absolute Gasteiger partial charge is 0.231 e. The first kappa shape index (κ1) is 17.7. The monoisotopic (exact) mass is 367 g/mol. The van der Waals surface area contributed by atoms with Gasteiger partial charge < -0.3 is 18.9 Å². The number of ether oxygens (including phenoxy) is 4. The number of hydrogen-bond donors (Lipinski definition) is 0. The molecule has 0 fully saturated rings. The molecular weight excluding hydrogens is 342 g/mol. The highest BCUT2D eigenvalue weighted by atomic mass is 16.7. The van der Waals surface area contributed by atoms with E-state index in [1.54, 1.807) is 0 Å². The van der Waals surface area contributed by atoms with Crippen molar-refractivity contribution in [2.45, 2.75) is 45.6 Å². The van der Waals surface area contributed by atoms with E-state index in [4.69, 9.17) is 23.9 Å². The fourth-order valence-corrected chi connectivity index (χ4v) is 3.48. The van der Waals surface area contributed by atoms with Gasteiger partial charge in [0.2, 0.25) is 13.6 Å². The molecule has 0 radical (unpaired) electrons. The molecule has 0 aromatic heterocycles. The summed E-state index contributed by atoms with van der Waals surface area (Å²) in [6.07, 6.45) is 4.00. The lowest BCUT2D eigenvalue weighted by atomic mass is 10.00. The van der Waals surface area contributed by atoms with Crippen LogP contribution in [0.3, 0.4) is 0 Å². The maximum absolute atomic E-state index is 5.55. The lowest BCUT2D eigenvalue weighted by Crippen LogP contribution is -2.06. The standard InChI is InChI=1S/C22H25NO4/c1-3-5-17(15-7-9-19-21(11-15)26-13-24-19)23-18(6-4-2)16-8-10-20-22(12-16)27-14-25-20/h7-12,17H,3-6,13-14H2,1-2H3. The quantitative estimate of drug-likeness (QED) is 0.625. The second-order valence-corrected chi connectivity index (χ2v) is 6.81. The molecule has 4 rings (SSSR count). The van der Waals surface area contributed by atoms with E-state index in [1.807, 2.05) is 18.2 Å². The van der Waals surface area contributed by atoms with Crippen molar-refractivity contribution < 1.29 is 18.9 Å². The zero-order valence-electron chi connectivity index (χ0n) is 15.9. The van der Waals surface area contributed by atoms with Gasteiger partial charge in [0.05, 0.1) is 6.04 Å². The lowest BCUT2D eigenvalue weighted by Gasteiger charge is -2.16. The molecule has 0 aliphatic carbocycles. The molecule has 142 valence electrons. The highest BCUT2D eigenvalue weighted by Crippen LogP contribution is 2.37. The fraction of sp³-hybridized carbons (Fsp3) is 0.409. The highest BCUT2D eigenvalue weighted by Gasteiger charge is 2.19. The van der Waals surface area contributed by atoms with Crippen LogP contribution >= 0.6 is 0 Å². The molecule has 2 heterocycles. The molecule has 0 N–H and O–H groups in total. The van der Waals surface area contributed by atoms with Gasteiger partial charge in [-0.15, -0.1) is 0 Å². The molecule has 1 unspecified atom stereocenters. The van der Waals surface area contributed by atoms with E-state index >= 15 is 0 Å². The van der Waals surface area contributed by atoms with Crippen LogP contribution in [0.1, 0.15) is 56.7 Å². The molecule has 5 heteroatoms. The number of fused-ring (bicyclic) bond motifs is 2. The second kappa shape index (κ2) is 7.91. The zero-order chi connectivity index (χ0) is 18.6. The number of benzene rings is 2. The van der Waals surface area contributed by atoms with Crippen LogP contribution in [0, 0.1) is 0 Å². The average molecular weight is 367 g/mol. The lowest BCUT2D eigenvalue weighted by molar-refractivity contribution is 0.173. The Morgan fingerprint density at radius 2 is 1.52 bits per heavy atom. The summed E-state index contributed by atoms with van der Waals surface area (Å²) >= 11 is 0. The third-order valence-electron chi connectivity index (χ3n) is 4.85. The van der Waals surface area contributed by atoms with Gasteiger partial charge in [0.1, 0.15) is 0 Å². The normalized spacial score (nSPS) is 15.9. The van der Waals surface area contributed by atoms with Crippen molar-refractivity contribution in [1.82, 2.24) is 0 Å². The van der Waals surface area contributed by atoms with Crippen molar-refractivity contribution in [1.29, 1.82) is 0 Å². The fourth-order valence-electron chi connectivity index (χ4n) is 3.48. The molecule has 0 saturated carbocycles. The first-order chi connectivity index (χ1) is 13.3. The van der Waals surface area contributed by atoms with Gasteiger partial charge in [-0.3, -0.25) is 4.99 Å². The predicted molar refractivity (Wildman–Crippen MR) is 104 cm³/mol. The van der Waals surface area contributed by atoms with Crippen LogP contribution in [0.4, 0.5) is 0 Å². The van der Waals surface area contributed by atoms with Crippen molar-refractivity contribution in [3.05, 3.63) is 47.5 Å². The maximum Gasteiger partial charge on any atom is 0.231 e. The van der Waals surface area contributed by atoms with E-state index in [2.05, 4.69) is 32.0 Å². The number of nitrogens with zero attached hydrogens (tertiary/aromatic N) is 1. The van der Waals surface area contributed by atoms with Gasteiger partial charge in [-0.05, 0) is 54.3 Å². The first-order valence-electron chi connectivity index (χ1n) is 9.64. The Bertz CT molecular complexity index is 846. The van der Waals surface area contributed by atoms with Gasteiger partial charge in [-0.1, -0.05) is 32.8 Å². The van der Waals surface area contributed by atoms with Gasteiger partial charge in [-0.25, -0.2) is 0 Å². The summed E-state index contributed by atoms with van der Waals surface area (Å²) in [4.78, 5) is 5.17. The van der Waals surface area contributed by atoms with E-state index in [0.717, 1.165) is 65.5 Å². The van der Waals surface area contributed by atoms with Crippen LogP contribution in [-0.4, -0.2) is 19.3 Å². The van der Waals surface area contributed by atoms with Crippen molar-refractivity contribution in [3.8, 4) is 23.0 Å². The van der Waals surface area contributed by atoms with Crippen LogP contribution < -0.4 is 18.9 Å². The SMILES string of the molecule is CCCC(=NC(CCC)c1ccc2c(c1)OCO2)c1ccc2c(c1)OCO2. The summed E-state index contributed by atoms with van der Waals surface area (Å²) in [5.41, 5.74) is 3.37. The predicted octanol–water partition coefficient (Wildman–Crippen LogP) is 5.27. The molecule has 0 amide bonds. The third kappa shape index (κ3) is 3.72. The topological polar surface area (TPSA) is 49.3 Å². The summed E-state index contributed by atoms with van der Waals surface area (Å²) in [7, 11) is 0. The number of aliphatic imine (C=N–C) groups is 1. The van der Waals surface area contributed by atoms with Gasteiger partial charge in [-0.2, -0.15) is 0 Å². The van der Waals surface area contributed by atoms with Crippen molar-refractivity contribution in [2.75, 3.05) is 13.6 Å². The van der Waals surface area contributed by atoms with Crippen LogP contribution in [0.5, 0.6) is 23.0 Å². The Morgan fingerprint density at radius 3 is 2.22 bits per heavy atom. The minimum absolute atomic E-state index is 0.0940. The Balaban J connectivity index is 1.68. The molecule has 5 nitrogen and oxygen atoms in total. The van der Waals surface area contributed by atoms with Crippen LogP contribution in [-0.2, 0) is 0 Å². The number of rotatable bonds is 7. The molecule has 2 aliphatic heterocycles. The second-order valence-electron chi connectivity index (χ2n) is 6.81. The van der Waals surface area contributed by atoms with Crippen molar-refractivity contribution in [3.63, 3.8) is 0 Å². The summed E-state index contributed by atoms with van der Waals surface area (Å²) in [6.45, 7) is 4.95. The minimum Gasteiger partial charge on any atom is -0.454 e. The highest BCUT2D eigenvalue weighted by molar-refractivity contribution is 6.01. The molecule has 0 bridgehead atoms. The van der Waals surface area contributed by atoms with Gasteiger partial charge >= 0.3 is 0 Å². The molecule has 2 aromatic carbocycles. The van der Waals surface area contributed by atoms with Gasteiger partial charge in [0.25, 0.3) is 0 Å². The van der Waals surface area contributed by atoms with Crippen LogP contribution in [0.15, 0.2) is 41.4 Å². The summed E-state index contributed by atoms with van der Waals surface area (Å²) < 4.78 is 22.0. The van der Waals surface area contributed by atoms with Crippen molar-refractivity contribution in [2.24, 2.45) is 4.99 Å². The average Bonchev–Trinajstić information content (AvgIpc) is 3.34. The first-order valence-corrected chi connectivity index (χ1v) is 9.64. The Labute approximate surface area is 159 Å². The van der Waals surface area contributed by atoms with E-state index in [9.17, 15) is 0 Å². The van der Waals surface area contributed by atoms with Gasteiger partial charge in [0, 0.05) is 5.71 Å². The largest absolute Gasteiger partial charge is 0.454 e. The molecule has 27 heavy (non-hydrogen) atoms. The Kier molecular flexibility index (Phi) is 5.19. The molecule has 0 saturated heterocycles. The maximum atomic E-state index is 5.55. The Morgan fingerprint density at radius 1 is 0.852 bits per heavy atom. The van der Waals surface area contributed by atoms with Crippen LogP contribution in [0.25, 0.3) is 0 Å². The van der Waals surface area contributed by atoms with E-state index in [-0.39, 0.29) is 12.8 Å². The van der Waals surface area contributed by atoms with Crippen LogP contribution in [0.2, 0.25) is 0 Å². The summed E-state index contributed by atoms with van der Waals surface area (Å²) in [5.74, 6) is 3.22. The zero-order valence-corrected chi connectivity index (χ0v) is 15.9. The third-order valence-corrected chi connectivity index (χ3v) is 4.85. The summed E-state index contributed by atoms with van der Waals surface area (Å²) in [5, 5.41) is 0. The molecule has 0 spiro atoms. The number of hydrogen-bond acceptors (Lipinski definition) is 5. The molecular formula is C22H25NO4. The van der Waals surface area contributed by atoms with E-state index < -0.39 is 0 Å². The minimum atomic E-state index is 0.0940. The van der Waals surface area contributed by atoms with E-state index in [0.29, 0.717) is 6.79 Å². The molecule has 2 aromatic rings. The van der Waals surface area contributed by atoms with Gasteiger partial charge in [0.15, 0.2) is 23.0 Å². The van der Waals surface area contributed by atoms with Crippen molar-refractivity contribution >= 4 is 5.71 Å². The van der Waals surface area contributed by atoms with E-state index in [1.165, 1.54) is 0 Å². The molecule has 2 aliphatic rings.